The van der Waals surface area contributed by atoms with Gasteiger partial charge >= 0.3 is 5.97 Å². The highest BCUT2D eigenvalue weighted by atomic mass is 16.4. The predicted octanol–water partition coefficient (Wildman–Crippen LogP) is 3.74. The molecule has 4 nitrogen and oxygen atoms in total. The Bertz CT molecular complexity index is 266. The average Bonchev–Trinajstić information content (AvgIpc) is 2.42. The maximum absolute atomic E-state index is 11.5. The van der Waals surface area contributed by atoms with Gasteiger partial charge in [0, 0.05) is 13.0 Å². The van der Waals surface area contributed by atoms with Crippen LogP contribution in [0.25, 0.3) is 0 Å². The van der Waals surface area contributed by atoms with E-state index in [1.54, 1.807) is 6.92 Å². The van der Waals surface area contributed by atoms with E-state index in [4.69, 9.17) is 5.11 Å². The van der Waals surface area contributed by atoms with Gasteiger partial charge in [0.1, 0.15) is 0 Å². The minimum absolute atomic E-state index is 0.0268. The Morgan fingerprint density at radius 3 is 1.95 bits per heavy atom. The van der Waals surface area contributed by atoms with Crippen LogP contribution in [-0.2, 0) is 9.59 Å². The number of rotatable bonds is 13. The third-order valence-electron chi connectivity index (χ3n) is 3.53. The van der Waals surface area contributed by atoms with Crippen molar-refractivity contribution in [2.75, 3.05) is 6.54 Å². The first kappa shape index (κ1) is 18.9. The molecule has 0 rings (SSSR count). The van der Waals surface area contributed by atoms with Gasteiger partial charge in [-0.1, -0.05) is 65.2 Å². The monoisotopic (exact) mass is 285 g/mol. The zero-order valence-corrected chi connectivity index (χ0v) is 13.1. The van der Waals surface area contributed by atoms with E-state index in [1.807, 2.05) is 0 Å². The van der Waals surface area contributed by atoms with E-state index >= 15 is 0 Å². The molecule has 0 saturated heterocycles. The van der Waals surface area contributed by atoms with Crippen LogP contribution >= 0.6 is 0 Å². The number of hydrogen-bond donors (Lipinski definition) is 2. The molecular formula is C16H31NO3. The first-order chi connectivity index (χ1) is 9.57. The molecule has 4 heteroatoms. The summed E-state index contributed by atoms with van der Waals surface area (Å²) in [4.78, 5) is 22.1. The van der Waals surface area contributed by atoms with Gasteiger partial charge in [-0.05, 0) is 6.42 Å². The van der Waals surface area contributed by atoms with Crippen molar-refractivity contribution in [3.63, 3.8) is 0 Å². The number of unbranched alkanes of at least 4 members (excludes halogenated alkanes) is 8. The Morgan fingerprint density at radius 1 is 0.950 bits per heavy atom. The first-order valence-corrected chi connectivity index (χ1v) is 8.07. The van der Waals surface area contributed by atoms with Gasteiger partial charge in [-0.15, -0.1) is 0 Å². The third-order valence-corrected chi connectivity index (χ3v) is 3.53. The van der Waals surface area contributed by atoms with Crippen molar-refractivity contribution in [1.82, 2.24) is 5.32 Å². The van der Waals surface area contributed by atoms with Crippen LogP contribution in [0.3, 0.4) is 0 Å². The molecule has 0 bridgehead atoms. The first-order valence-electron chi connectivity index (χ1n) is 8.07. The molecule has 2 N–H and O–H groups in total. The van der Waals surface area contributed by atoms with Crippen LogP contribution in [0.5, 0.6) is 0 Å². The number of amides is 1. The molecule has 0 saturated carbocycles. The van der Waals surface area contributed by atoms with Crippen molar-refractivity contribution < 1.29 is 14.7 Å². The van der Waals surface area contributed by atoms with E-state index in [0.29, 0.717) is 6.42 Å². The average molecular weight is 285 g/mol. The Labute approximate surface area is 123 Å². The fourth-order valence-electron chi connectivity index (χ4n) is 2.04. The topological polar surface area (TPSA) is 66.4 Å². The molecule has 0 aliphatic heterocycles. The number of carboxylic acid groups (broad SMARTS) is 1. The lowest BCUT2D eigenvalue weighted by atomic mass is 10.1. The summed E-state index contributed by atoms with van der Waals surface area (Å²) >= 11 is 0. The molecule has 0 aromatic carbocycles. The van der Waals surface area contributed by atoms with E-state index in [1.165, 1.54) is 44.9 Å². The maximum atomic E-state index is 11.5. The molecule has 0 spiro atoms. The zero-order valence-electron chi connectivity index (χ0n) is 13.1. The molecule has 0 radical (unpaired) electrons. The number of carboxylic acids is 1. The second kappa shape index (κ2) is 12.9. The van der Waals surface area contributed by atoms with E-state index < -0.39 is 11.9 Å². The summed E-state index contributed by atoms with van der Waals surface area (Å²) in [6.45, 7) is 4.05. The highest BCUT2D eigenvalue weighted by Crippen LogP contribution is 2.10. The number of carbonyl (C=O) groups is 2. The standard InChI is InChI=1S/C16H31NO3/c1-3-4-5-6-7-8-9-10-11-12-15(18)17-13-14(2)16(19)20/h14H,3-13H2,1-2H3,(H,17,18)(H,19,20). The van der Waals surface area contributed by atoms with Gasteiger partial charge < -0.3 is 10.4 Å². The van der Waals surface area contributed by atoms with Crippen molar-refractivity contribution in [3.05, 3.63) is 0 Å². The summed E-state index contributed by atoms with van der Waals surface area (Å²) in [5.74, 6) is -1.41. The molecule has 1 amide bonds. The molecule has 0 aromatic heterocycles. The van der Waals surface area contributed by atoms with Crippen LogP contribution in [0.2, 0.25) is 0 Å². The molecule has 0 fully saturated rings. The van der Waals surface area contributed by atoms with E-state index in [9.17, 15) is 9.59 Å². The van der Waals surface area contributed by atoms with Crippen molar-refractivity contribution in [3.8, 4) is 0 Å². The molecule has 1 unspecified atom stereocenters. The quantitative estimate of drug-likeness (QED) is 0.506. The maximum Gasteiger partial charge on any atom is 0.308 e. The number of nitrogens with one attached hydrogen (secondary N) is 1. The summed E-state index contributed by atoms with van der Waals surface area (Å²) in [7, 11) is 0. The van der Waals surface area contributed by atoms with E-state index in [0.717, 1.165) is 12.8 Å². The zero-order chi connectivity index (χ0) is 15.2. The molecule has 0 aliphatic carbocycles. The SMILES string of the molecule is CCCCCCCCCCCC(=O)NCC(C)C(=O)O. The molecule has 0 aromatic rings. The van der Waals surface area contributed by atoms with Gasteiger partial charge in [-0.25, -0.2) is 0 Å². The fraction of sp³-hybridized carbons (Fsp3) is 0.875. The predicted molar refractivity (Wildman–Crippen MR) is 81.7 cm³/mol. The Balaban J connectivity index is 3.29. The third kappa shape index (κ3) is 12.0. The van der Waals surface area contributed by atoms with Crippen LogP contribution in [0.15, 0.2) is 0 Å². The van der Waals surface area contributed by atoms with E-state index in [2.05, 4.69) is 12.2 Å². The summed E-state index contributed by atoms with van der Waals surface area (Å²) in [5.41, 5.74) is 0. The van der Waals surface area contributed by atoms with Gasteiger partial charge in [0.2, 0.25) is 5.91 Å². The molecule has 1 atom stereocenters. The van der Waals surface area contributed by atoms with Gasteiger partial charge in [0.15, 0.2) is 0 Å². The van der Waals surface area contributed by atoms with Gasteiger partial charge in [0.25, 0.3) is 0 Å². The molecule has 0 heterocycles. The van der Waals surface area contributed by atoms with Crippen molar-refractivity contribution >= 4 is 11.9 Å². The van der Waals surface area contributed by atoms with Crippen molar-refractivity contribution in [1.29, 1.82) is 0 Å². The smallest absolute Gasteiger partial charge is 0.308 e. The van der Waals surface area contributed by atoms with Crippen LogP contribution in [-0.4, -0.2) is 23.5 Å². The number of carbonyl (C=O) groups excluding carboxylic acids is 1. The van der Waals surface area contributed by atoms with Crippen LogP contribution in [0, 0.1) is 5.92 Å². The second-order valence-corrected chi connectivity index (χ2v) is 5.62. The summed E-state index contributed by atoms with van der Waals surface area (Å²) in [6.07, 6.45) is 11.6. The Kier molecular flexibility index (Phi) is 12.3. The van der Waals surface area contributed by atoms with E-state index in [-0.39, 0.29) is 12.5 Å². The molecule has 0 aliphatic rings. The van der Waals surface area contributed by atoms with Gasteiger partial charge in [0.05, 0.1) is 5.92 Å². The van der Waals surface area contributed by atoms with Crippen LogP contribution < -0.4 is 5.32 Å². The fourth-order valence-corrected chi connectivity index (χ4v) is 2.04. The molecule has 20 heavy (non-hydrogen) atoms. The van der Waals surface area contributed by atoms with Crippen molar-refractivity contribution in [2.24, 2.45) is 5.92 Å². The lowest BCUT2D eigenvalue weighted by Crippen LogP contribution is -2.31. The lowest BCUT2D eigenvalue weighted by Gasteiger charge is -2.08. The molecular weight excluding hydrogens is 254 g/mol. The molecule has 118 valence electrons. The Morgan fingerprint density at radius 2 is 1.45 bits per heavy atom. The minimum Gasteiger partial charge on any atom is -0.481 e. The minimum atomic E-state index is -0.867. The number of aliphatic carboxylic acids is 1. The highest BCUT2D eigenvalue weighted by molar-refractivity contribution is 5.77. The van der Waals surface area contributed by atoms with Crippen LogP contribution in [0.1, 0.15) is 78.1 Å². The summed E-state index contributed by atoms with van der Waals surface area (Å²) in [5, 5.41) is 11.4. The summed E-state index contributed by atoms with van der Waals surface area (Å²) in [6, 6.07) is 0. The largest absolute Gasteiger partial charge is 0.481 e. The van der Waals surface area contributed by atoms with Crippen molar-refractivity contribution in [2.45, 2.75) is 78.1 Å². The second-order valence-electron chi connectivity index (χ2n) is 5.62. The summed E-state index contributed by atoms with van der Waals surface area (Å²) < 4.78 is 0. The normalized spacial score (nSPS) is 12.1. The lowest BCUT2D eigenvalue weighted by molar-refractivity contribution is -0.141. The Hall–Kier alpha value is -1.06. The number of hydrogen-bond acceptors (Lipinski definition) is 2. The van der Waals surface area contributed by atoms with Crippen LogP contribution in [0.4, 0.5) is 0 Å². The van der Waals surface area contributed by atoms with Gasteiger partial charge in [-0.2, -0.15) is 0 Å². The highest BCUT2D eigenvalue weighted by Gasteiger charge is 2.11. The van der Waals surface area contributed by atoms with Gasteiger partial charge in [-0.3, -0.25) is 9.59 Å².